The van der Waals surface area contributed by atoms with Crippen LogP contribution in [-0.2, 0) is 4.79 Å². The van der Waals surface area contributed by atoms with Gasteiger partial charge in [-0.2, -0.15) is 0 Å². The minimum Gasteiger partial charge on any atom is -0.361 e. The number of anilines is 2. The summed E-state index contributed by atoms with van der Waals surface area (Å²) < 4.78 is 0. The zero-order valence-corrected chi connectivity index (χ0v) is 13.3. The van der Waals surface area contributed by atoms with Gasteiger partial charge in [-0.25, -0.2) is 4.98 Å². The highest BCUT2D eigenvalue weighted by molar-refractivity contribution is 7.14. The van der Waals surface area contributed by atoms with Gasteiger partial charge in [0.25, 0.3) is 0 Å². The maximum atomic E-state index is 11.9. The van der Waals surface area contributed by atoms with Gasteiger partial charge in [0.2, 0.25) is 5.91 Å². The first kappa shape index (κ1) is 15.2. The average molecular weight is 323 g/mol. The Morgan fingerprint density at radius 2 is 1.70 bits per heavy atom. The normalized spacial score (nSPS) is 10.3. The molecular formula is C18H17N3OS. The van der Waals surface area contributed by atoms with Gasteiger partial charge in [-0.05, 0) is 12.1 Å². The topological polar surface area (TPSA) is 54.0 Å². The van der Waals surface area contributed by atoms with Gasteiger partial charge >= 0.3 is 0 Å². The zero-order valence-electron chi connectivity index (χ0n) is 12.5. The highest BCUT2D eigenvalue weighted by Crippen LogP contribution is 2.24. The summed E-state index contributed by atoms with van der Waals surface area (Å²) in [5.41, 5.74) is 2.86. The molecule has 3 rings (SSSR count). The number of rotatable bonds is 6. The third-order valence-corrected chi connectivity index (χ3v) is 4.06. The summed E-state index contributed by atoms with van der Waals surface area (Å²) in [7, 11) is 0. The molecule has 1 heterocycles. The molecule has 0 spiro atoms. The lowest BCUT2D eigenvalue weighted by atomic mass is 10.2. The summed E-state index contributed by atoms with van der Waals surface area (Å²) in [6, 6.07) is 19.5. The van der Waals surface area contributed by atoms with E-state index in [-0.39, 0.29) is 5.91 Å². The molecule has 1 aromatic heterocycles. The van der Waals surface area contributed by atoms with E-state index in [4.69, 9.17) is 0 Å². The molecule has 23 heavy (non-hydrogen) atoms. The minimum absolute atomic E-state index is 0.0106. The Bertz CT molecular complexity index is 756. The summed E-state index contributed by atoms with van der Waals surface area (Å²) in [5, 5.41) is 8.91. The fourth-order valence-electron chi connectivity index (χ4n) is 2.12. The summed E-state index contributed by atoms with van der Waals surface area (Å²) >= 11 is 1.55. The van der Waals surface area contributed by atoms with E-state index in [0.717, 1.165) is 22.1 Å². The van der Waals surface area contributed by atoms with Gasteiger partial charge in [-0.1, -0.05) is 48.5 Å². The summed E-state index contributed by atoms with van der Waals surface area (Å²) in [6.07, 6.45) is 0.398. The van der Waals surface area contributed by atoms with Crippen molar-refractivity contribution in [3.63, 3.8) is 0 Å². The lowest BCUT2D eigenvalue weighted by Gasteiger charge is -2.05. The number of aromatic nitrogens is 1. The van der Waals surface area contributed by atoms with Crippen molar-refractivity contribution in [1.29, 1.82) is 0 Å². The number of nitrogens with zero attached hydrogens (tertiary/aromatic N) is 1. The Hall–Kier alpha value is -2.66. The third-order valence-electron chi connectivity index (χ3n) is 3.26. The molecule has 0 unspecified atom stereocenters. The van der Waals surface area contributed by atoms with Crippen LogP contribution < -0.4 is 10.6 Å². The van der Waals surface area contributed by atoms with Crippen molar-refractivity contribution in [3.8, 4) is 11.3 Å². The number of hydrogen-bond acceptors (Lipinski definition) is 4. The van der Waals surface area contributed by atoms with Gasteiger partial charge in [0.05, 0.1) is 5.69 Å². The predicted octanol–water partition coefficient (Wildman–Crippen LogP) is 4.25. The smallest absolute Gasteiger partial charge is 0.226 e. The molecule has 0 bridgehead atoms. The molecule has 0 atom stereocenters. The van der Waals surface area contributed by atoms with Crippen molar-refractivity contribution in [3.05, 3.63) is 66.0 Å². The Morgan fingerprint density at radius 3 is 2.43 bits per heavy atom. The molecule has 0 aliphatic heterocycles. The second-order valence-electron chi connectivity index (χ2n) is 4.99. The van der Waals surface area contributed by atoms with E-state index in [2.05, 4.69) is 15.6 Å². The van der Waals surface area contributed by atoms with Crippen LogP contribution in [0.15, 0.2) is 66.0 Å². The number of nitrogens with one attached hydrogen (secondary N) is 2. The monoisotopic (exact) mass is 323 g/mol. The van der Waals surface area contributed by atoms with Crippen molar-refractivity contribution in [2.45, 2.75) is 6.42 Å². The van der Waals surface area contributed by atoms with Crippen LogP contribution in [0.5, 0.6) is 0 Å². The Morgan fingerprint density at radius 1 is 1.00 bits per heavy atom. The number of hydrogen-bond donors (Lipinski definition) is 2. The Kier molecular flexibility index (Phi) is 5.01. The first-order valence-electron chi connectivity index (χ1n) is 7.41. The molecule has 2 aromatic carbocycles. The van der Waals surface area contributed by atoms with Crippen molar-refractivity contribution in [2.24, 2.45) is 0 Å². The van der Waals surface area contributed by atoms with Crippen molar-refractivity contribution < 1.29 is 4.79 Å². The number of carbonyl (C=O) groups is 1. The standard InChI is InChI=1S/C18H17N3OS/c22-17(20-15-9-5-2-6-10-15)11-12-19-18-21-16(13-23-18)14-7-3-1-4-8-14/h1-10,13H,11-12H2,(H,19,21)(H,20,22). The highest BCUT2D eigenvalue weighted by atomic mass is 32.1. The van der Waals surface area contributed by atoms with Crippen LogP contribution >= 0.6 is 11.3 Å². The van der Waals surface area contributed by atoms with Crippen LogP contribution in [0, 0.1) is 0 Å². The molecule has 0 fully saturated rings. The first-order chi connectivity index (χ1) is 11.3. The molecule has 0 aliphatic rings. The molecule has 116 valence electrons. The average Bonchev–Trinajstić information content (AvgIpc) is 3.05. The minimum atomic E-state index is -0.0106. The van der Waals surface area contributed by atoms with E-state index in [1.54, 1.807) is 11.3 Å². The van der Waals surface area contributed by atoms with E-state index in [0.29, 0.717) is 13.0 Å². The molecule has 0 radical (unpaired) electrons. The van der Waals surface area contributed by atoms with E-state index in [1.807, 2.05) is 66.0 Å². The Balaban J connectivity index is 1.48. The van der Waals surface area contributed by atoms with Crippen molar-refractivity contribution in [2.75, 3.05) is 17.2 Å². The molecule has 1 amide bonds. The van der Waals surface area contributed by atoms with Gasteiger partial charge < -0.3 is 10.6 Å². The first-order valence-corrected chi connectivity index (χ1v) is 8.29. The molecule has 3 aromatic rings. The Labute approximate surface area is 139 Å². The summed E-state index contributed by atoms with van der Waals surface area (Å²) in [6.45, 7) is 0.556. The third kappa shape index (κ3) is 4.40. The number of benzene rings is 2. The van der Waals surface area contributed by atoms with Crippen molar-refractivity contribution in [1.82, 2.24) is 4.98 Å². The molecule has 0 saturated heterocycles. The van der Waals surface area contributed by atoms with E-state index in [1.165, 1.54) is 0 Å². The van der Waals surface area contributed by atoms with E-state index < -0.39 is 0 Å². The lowest BCUT2D eigenvalue weighted by molar-refractivity contribution is -0.115. The number of para-hydroxylation sites is 1. The SMILES string of the molecule is O=C(CCNc1nc(-c2ccccc2)cs1)Nc1ccccc1. The van der Waals surface area contributed by atoms with Gasteiger partial charge in [0.15, 0.2) is 5.13 Å². The molecule has 0 saturated carbocycles. The second-order valence-corrected chi connectivity index (χ2v) is 5.85. The molecule has 4 nitrogen and oxygen atoms in total. The predicted molar refractivity (Wildman–Crippen MR) is 95.7 cm³/mol. The van der Waals surface area contributed by atoms with Crippen LogP contribution in [0.3, 0.4) is 0 Å². The fourth-order valence-corrected chi connectivity index (χ4v) is 2.87. The number of amides is 1. The van der Waals surface area contributed by atoms with Gasteiger partial charge in [-0.3, -0.25) is 4.79 Å². The fraction of sp³-hybridized carbons (Fsp3) is 0.111. The van der Waals surface area contributed by atoms with Crippen molar-refractivity contribution >= 4 is 28.1 Å². The number of thiazole rings is 1. The molecule has 0 aliphatic carbocycles. The maximum Gasteiger partial charge on any atom is 0.226 e. The zero-order chi connectivity index (χ0) is 15.9. The molecule has 5 heteroatoms. The van der Waals surface area contributed by atoms with Gasteiger partial charge in [-0.15, -0.1) is 11.3 Å². The van der Waals surface area contributed by atoms with Crippen LogP contribution in [0.4, 0.5) is 10.8 Å². The van der Waals surface area contributed by atoms with Crippen LogP contribution in [0.1, 0.15) is 6.42 Å². The second kappa shape index (κ2) is 7.56. The molecule has 2 N–H and O–H groups in total. The maximum absolute atomic E-state index is 11.9. The molecular weight excluding hydrogens is 306 g/mol. The van der Waals surface area contributed by atoms with E-state index >= 15 is 0 Å². The largest absolute Gasteiger partial charge is 0.361 e. The summed E-state index contributed by atoms with van der Waals surface area (Å²) in [4.78, 5) is 16.4. The van der Waals surface area contributed by atoms with Crippen LogP contribution in [0.25, 0.3) is 11.3 Å². The number of carbonyl (C=O) groups excluding carboxylic acids is 1. The van der Waals surface area contributed by atoms with Gasteiger partial charge in [0.1, 0.15) is 0 Å². The lowest BCUT2D eigenvalue weighted by Crippen LogP contribution is -2.16. The summed E-state index contributed by atoms with van der Waals surface area (Å²) in [5.74, 6) is -0.0106. The quantitative estimate of drug-likeness (QED) is 0.713. The van der Waals surface area contributed by atoms with Gasteiger partial charge in [0, 0.05) is 29.6 Å². The van der Waals surface area contributed by atoms with E-state index in [9.17, 15) is 4.79 Å². The van der Waals surface area contributed by atoms with Crippen LogP contribution in [0.2, 0.25) is 0 Å². The highest BCUT2D eigenvalue weighted by Gasteiger charge is 2.05. The van der Waals surface area contributed by atoms with Crippen LogP contribution in [-0.4, -0.2) is 17.4 Å².